The molecule has 8 heteroatoms. The summed E-state index contributed by atoms with van der Waals surface area (Å²) < 4.78 is 0. The van der Waals surface area contributed by atoms with Crippen LogP contribution < -0.4 is 4.90 Å². The molecule has 0 saturated carbocycles. The van der Waals surface area contributed by atoms with Crippen molar-refractivity contribution in [2.45, 2.75) is 20.8 Å². The Morgan fingerprint density at radius 2 is 1.82 bits per heavy atom. The molecule has 1 aliphatic rings. The van der Waals surface area contributed by atoms with Gasteiger partial charge in [0, 0.05) is 41.6 Å². The van der Waals surface area contributed by atoms with E-state index in [1.807, 2.05) is 24.0 Å². The minimum atomic E-state index is 0. The topological polar surface area (TPSA) is 49.3 Å². The summed E-state index contributed by atoms with van der Waals surface area (Å²) in [5.74, 6) is 1.81. The van der Waals surface area contributed by atoms with Gasteiger partial charge in [-0.25, -0.2) is 9.97 Å². The van der Waals surface area contributed by atoms with Crippen LogP contribution in [0.5, 0.6) is 0 Å². The number of fused-ring (bicyclic) bond motifs is 1. The third kappa shape index (κ3) is 3.81. The van der Waals surface area contributed by atoms with Gasteiger partial charge in [0.15, 0.2) is 0 Å². The number of hydrogen-bond donors (Lipinski definition) is 0. The lowest BCUT2D eigenvalue weighted by Crippen LogP contribution is -2.49. The number of hydrogen-bond acceptors (Lipinski definition) is 5. The Morgan fingerprint density at radius 1 is 1.11 bits per heavy atom. The molecule has 1 saturated heterocycles. The predicted octanol–water partition coefficient (Wildman–Crippen LogP) is 4.65. The van der Waals surface area contributed by atoms with E-state index in [0.717, 1.165) is 34.9 Å². The first kappa shape index (κ1) is 20.8. The first-order chi connectivity index (χ1) is 12.9. The standard InChI is InChI=1S/C20H21ClN4OS.ClH/c1-12-13(2)27-19-17(12)18(22-14(3)23-19)24-7-9-25(10-8-24)20(26)15-5-4-6-16(21)11-15;/h4-6,11H,7-10H2,1-3H3;1H. The molecular weight excluding hydrogens is 415 g/mol. The summed E-state index contributed by atoms with van der Waals surface area (Å²) in [7, 11) is 0. The number of aryl methyl sites for hydroxylation is 3. The maximum absolute atomic E-state index is 12.7. The van der Waals surface area contributed by atoms with Crippen molar-refractivity contribution in [1.29, 1.82) is 0 Å². The van der Waals surface area contributed by atoms with Gasteiger partial charge in [0.25, 0.3) is 5.91 Å². The van der Waals surface area contributed by atoms with Gasteiger partial charge in [-0.05, 0) is 44.5 Å². The second kappa shape index (κ2) is 8.23. The molecule has 5 nitrogen and oxygen atoms in total. The first-order valence-electron chi connectivity index (χ1n) is 8.98. The van der Waals surface area contributed by atoms with Crippen molar-refractivity contribution in [1.82, 2.24) is 14.9 Å². The van der Waals surface area contributed by atoms with Gasteiger partial charge < -0.3 is 9.80 Å². The third-order valence-electron chi connectivity index (χ3n) is 5.06. The number of carbonyl (C=O) groups is 1. The highest BCUT2D eigenvalue weighted by Gasteiger charge is 2.25. The van der Waals surface area contributed by atoms with Crippen molar-refractivity contribution in [3.63, 3.8) is 0 Å². The van der Waals surface area contributed by atoms with E-state index in [1.165, 1.54) is 10.4 Å². The van der Waals surface area contributed by atoms with Crippen LogP contribution in [0, 0.1) is 20.8 Å². The Hall–Kier alpha value is -1.89. The Balaban J connectivity index is 0.00000225. The Kier molecular flexibility index (Phi) is 6.12. The maximum Gasteiger partial charge on any atom is 0.254 e. The molecule has 3 heterocycles. The van der Waals surface area contributed by atoms with Crippen molar-refractivity contribution in [2.24, 2.45) is 0 Å². The molecule has 4 rings (SSSR count). The average Bonchev–Trinajstić information content (AvgIpc) is 2.94. The highest BCUT2D eigenvalue weighted by molar-refractivity contribution is 7.18. The number of amides is 1. The molecule has 0 aliphatic carbocycles. The highest BCUT2D eigenvalue weighted by atomic mass is 35.5. The molecule has 0 unspecified atom stereocenters. The molecule has 148 valence electrons. The van der Waals surface area contributed by atoms with Crippen LogP contribution in [0.25, 0.3) is 10.2 Å². The quantitative estimate of drug-likeness (QED) is 0.586. The molecule has 1 fully saturated rings. The lowest BCUT2D eigenvalue weighted by Gasteiger charge is -2.36. The van der Waals surface area contributed by atoms with Gasteiger partial charge in [0.1, 0.15) is 16.5 Å². The molecule has 1 aromatic carbocycles. The number of benzene rings is 1. The van der Waals surface area contributed by atoms with Crippen molar-refractivity contribution in [2.75, 3.05) is 31.1 Å². The minimum absolute atomic E-state index is 0. The highest BCUT2D eigenvalue weighted by Crippen LogP contribution is 2.35. The van der Waals surface area contributed by atoms with Crippen LogP contribution >= 0.6 is 35.3 Å². The smallest absolute Gasteiger partial charge is 0.254 e. The zero-order valence-electron chi connectivity index (χ0n) is 16.0. The van der Waals surface area contributed by atoms with E-state index in [1.54, 1.807) is 23.5 Å². The summed E-state index contributed by atoms with van der Waals surface area (Å²) in [5, 5.41) is 1.74. The van der Waals surface area contributed by atoms with Crippen LogP contribution in [0.3, 0.4) is 0 Å². The monoisotopic (exact) mass is 436 g/mol. The maximum atomic E-state index is 12.7. The molecule has 0 bridgehead atoms. The molecule has 0 atom stereocenters. The molecule has 1 amide bonds. The largest absolute Gasteiger partial charge is 0.352 e. The zero-order valence-corrected chi connectivity index (χ0v) is 18.4. The number of nitrogens with zero attached hydrogens (tertiary/aromatic N) is 4. The van der Waals surface area contributed by atoms with Crippen molar-refractivity contribution >= 4 is 57.3 Å². The number of aromatic nitrogens is 2. The fourth-order valence-corrected chi connectivity index (χ4v) is 4.75. The Morgan fingerprint density at radius 3 is 2.50 bits per heavy atom. The van der Waals surface area contributed by atoms with Crippen LogP contribution in [0.15, 0.2) is 24.3 Å². The van der Waals surface area contributed by atoms with E-state index in [2.05, 4.69) is 23.7 Å². The summed E-state index contributed by atoms with van der Waals surface area (Å²) in [4.78, 5) is 28.6. The molecule has 1 aliphatic heterocycles. The third-order valence-corrected chi connectivity index (χ3v) is 6.40. The Bertz CT molecular complexity index is 1030. The summed E-state index contributed by atoms with van der Waals surface area (Å²) in [5.41, 5.74) is 1.89. The molecule has 0 spiro atoms. The second-order valence-corrected chi connectivity index (χ2v) is 8.49. The van der Waals surface area contributed by atoms with Crippen LogP contribution in [0.2, 0.25) is 5.02 Å². The number of rotatable bonds is 2. The fourth-order valence-electron chi connectivity index (χ4n) is 3.49. The molecule has 3 aromatic rings. The number of halogens is 2. The average molecular weight is 437 g/mol. The van der Waals surface area contributed by atoms with Gasteiger partial charge >= 0.3 is 0 Å². The van der Waals surface area contributed by atoms with Gasteiger partial charge in [0.05, 0.1) is 5.39 Å². The van der Waals surface area contributed by atoms with E-state index < -0.39 is 0 Å². The minimum Gasteiger partial charge on any atom is -0.352 e. The van der Waals surface area contributed by atoms with Gasteiger partial charge in [-0.1, -0.05) is 17.7 Å². The summed E-state index contributed by atoms with van der Waals surface area (Å²) >= 11 is 7.75. The SMILES string of the molecule is Cc1nc(N2CCN(C(=O)c3cccc(Cl)c3)CC2)c2c(C)c(C)sc2n1.Cl. The number of anilines is 1. The summed E-state index contributed by atoms with van der Waals surface area (Å²) in [6.07, 6.45) is 0. The first-order valence-corrected chi connectivity index (χ1v) is 10.2. The molecule has 2 aromatic heterocycles. The van der Waals surface area contributed by atoms with Gasteiger partial charge in [-0.15, -0.1) is 23.7 Å². The predicted molar refractivity (Wildman–Crippen MR) is 118 cm³/mol. The molecule has 28 heavy (non-hydrogen) atoms. The van der Waals surface area contributed by atoms with Gasteiger partial charge in [0.2, 0.25) is 0 Å². The number of piperazine rings is 1. The van der Waals surface area contributed by atoms with Crippen LogP contribution in [-0.2, 0) is 0 Å². The normalized spacial score (nSPS) is 14.3. The van der Waals surface area contributed by atoms with E-state index in [-0.39, 0.29) is 18.3 Å². The molecule has 0 N–H and O–H groups in total. The Labute approximate surface area is 179 Å². The van der Waals surface area contributed by atoms with Crippen molar-refractivity contribution in [3.8, 4) is 0 Å². The van der Waals surface area contributed by atoms with Gasteiger partial charge in [-0.2, -0.15) is 0 Å². The zero-order chi connectivity index (χ0) is 19.1. The number of thiophene rings is 1. The number of carbonyl (C=O) groups excluding carboxylic acids is 1. The fraction of sp³-hybridized carbons (Fsp3) is 0.350. The van der Waals surface area contributed by atoms with E-state index in [4.69, 9.17) is 16.6 Å². The van der Waals surface area contributed by atoms with Crippen molar-refractivity contribution < 1.29 is 4.79 Å². The van der Waals surface area contributed by atoms with Crippen molar-refractivity contribution in [3.05, 3.63) is 51.1 Å². The van der Waals surface area contributed by atoms with E-state index in [9.17, 15) is 4.79 Å². The lowest BCUT2D eigenvalue weighted by atomic mass is 10.1. The van der Waals surface area contributed by atoms with Crippen LogP contribution in [0.4, 0.5) is 5.82 Å². The van der Waals surface area contributed by atoms with Gasteiger partial charge in [-0.3, -0.25) is 4.79 Å². The van der Waals surface area contributed by atoms with E-state index >= 15 is 0 Å². The lowest BCUT2D eigenvalue weighted by molar-refractivity contribution is 0.0746. The molecular formula is C20H22Cl2N4OS. The summed E-state index contributed by atoms with van der Waals surface area (Å²) in [6, 6.07) is 7.14. The summed E-state index contributed by atoms with van der Waals surface area (Å²) in [6.45, 7) is 9.04. The van der Waals surface area contributed by atoms with Crippen LogP contribution in [0.1, 0.15) is 26.6 Å². The van der Waals surface area contributed by atoms with E-state index in [0.29, 0.717) is 23.7 Å². The molecule has 0 radical (unpaired) electrons. The second-order valence-electron chi connectivity index (χ2n) is 6.85. The van der Waals surface area contributed by atoms with Crippen LogP contribution in [-0.4, -0.2) is 47.0 Å².